The summed E-state index contributed by atoms with van der Waals surface area (Å²) in [6.45, 7) is 0. The molecule has 0 radical (unpaired) electrons. The highest BCUT2D eigenvalue weighted by Crippen LogP contribution is 2.37. The van der Waals surface area contributed by atoms with E-state index in [1.165, 1.54) is 0 Å². The molecule has 1 atom stereocenters. The number of carbonyl (C=O) groups excluding carboxylic acids is 1. The monoisotopic (exact) mass is 288 g/mol. The minimum Gasteiger partial charge on any atom is -0.326 e. The van der Waals surface area contributed by atoms with Crippen molar-refractivity contribution in [2.45, 2.75) is 9.46 Å². The fraction of sp³-hybridized carbons (Fsp3) is 0.667. The molecule has 6 nitrogen and oxygen atoms in total. The van der Waals surface area contributed by atoms with E-state index in [1.54, 1.807) is 0 Å². The van der Waals surface area contributed by atoms with Crippen molar-refractivity contribution in [1.82, 2.24) is 5.32 Å². The van der Waals surface area contributed by atoms with Gasteiger partial charge >= 0.3 is 0 Å². The normalized spacial score (nSPS) is 26.7. The highest BCUT2D eigenvalue weighted by molar-refractivity contribution is 9.26. The van der Waals surface area contributed by atoms with Crippen LogP contribution in [-0.4, -0.2) is 20.5 Å². The molecule has 8 heteroatoms. The number of hydrogen-bond donors (Lipinski definition) is 1. The van der Waals surface area contributed by atoms with Gasteiger partial charge in [-0.15, -0.1) is 10.1 Å². The third-order valence-electron chi connectivity index (χ3n) is 1.09. The van der Waals surface area contributed by atoms with Gasteiger partial charge in [-0.1, -0.05) is 31.9 Å². The zero-order valence-corrected chi connectivity index (χ0v) is 8.09. The first-order valence-electron chi connectivity index (χ1n) is 2.44. The minimum absolute atomic E-state index is 0.399. The Kier molecular flexibility index (Phi) is 2.06. The van der Waals surface area contributed by atoms with Gasteiger partial charge in [-0.25, -0.2) is 0 Å². The Bertz CT molecular complexity index is 217. The van der Waals surface area contributed by atoms with Gasteiger partial charge in [0.05, 0.1) is 0 Å². The van der Waals surface area contributed by atoms with Crippen LogP contribution in [0.15, 0.2) is 0 Å². The molecular formula is C3H2Br2N2O4. The Morgan fingerprint density at radius 1 is 1.73 bits per heavy atom. The minimum atomic E-state index is -1.16. The summed E-state index contributed by atoms with van der Waals surface area (Å²) in [7, 11) is 0. The molecule has 1 aliphatic rings. The predicted octanol–water partition coefficient (Wildman–Crippen LogP) is 0.137. The summed E-state index contributed by atoms with van der Waals surface area (Å²) in [4.78, 5) is 24.5. The number of amides is 1. The molecule has 11 heavy (non-hydrogen) atoms. The molecule has 1 fully saturated rings. The molecular weight excluding hydrogens is 288 g/mol. The van der Waals surface area contributed by atoms with Crippen molar-refractivity contribution in [2.24, 2.45) is 0 Å². The SMILES string of the molecule is O=C1NC(O[N+](=O)[O-])C1(Br)Br. The molecule has 1 amide bonds. The summed E-state index contributed by atoms with van der Waals surface area (Å²) in [5, 5.41) is 11.0. The maximum Gasteiger partial charge on any atom is 0.296 e. The maximum absolute atomic E-state index is 10.6. The van der Waals surface area contributed by atoms with E-state index in [1.807, 2.05) is 0 Å². The maximum atomic E-state index is 10.6. The summed E-state index contributed by atoms with van der Waals surface area (Å²) in [6, 6.07) is 0. The highest BCUT2D eigenvalue weighted by Gasteiger charge is 2.54. The molecule has 1 heterocycles. The number of rotatable bonds is 2. The molecule has 1 saturated heterocycles. The van der Waals surface area contributed by atoms with Crippen molar-refractivity contribution < 1.29 is 14.7 Å². The van der Waals surface area contributed by atoms with Gasteiger partial charge < -0.3 is 5.32 Å². The largest absolute Gasteiger partial charge is 0.326 e. The molecule has 1 aliphatic heterocycles. The molecule has 0 aromatic carbocycles. The van der Waals surface area contributed by atoms with Crippen LogP contribution in [0, 0.1) is 10.1 Å². The smallest absolute Gasteiger partial charge is 0.296 e. The first-order chi connectivity index (χ1) is 4.94. The number of carbonyl (C=O) groups is 1. The number of hydrogen-bond acceptors (Lipinski definition) is 4. The van der Waals surface area contributed by atoms with Crippen LogP contribution in [0.1, 0.15) is 0 Å². The molecule has 0 bridgehead atoms. The quantitative estimate of drug-likeness (QED) is 0.339. The van der Waals surface area contributed by atoms with E-state index < -0.39 is 20.5 Å². The number of halogens is 2. The van der Waals surface area contributed by atoms with E-state index in [0.717, 1.165) is 0 Å². The van der Waals surface area contributed by atoms with Gasteiger partial charge in [0.15, 0.2) is 0 Å². The molecule has 1 rings (SSSR count). The number of nitrogens with one attached hydrogen (secondary N) is 1. The van der Waals surface area contributed by atoms with E-state index in [4.69, 9.17) is 0 Å². The zero-order chi connectivity index (χ0) is 8.65. The molecule has 1 unspecified atom stereocenters. The van der Waals surface area contributed by atoms with Crippen LogP contribution >= 0.6 is 31.9 Å². The van der Waals surface area contributed by atoms with Gasteiger partial charge in [0, 0.05) is 0 Å². The van der Waals surface area contributed by atoms with Gasteiger partial charge in [0.1, 0.15) is 0 Å². The number of nitrogens with zero attached hydrogens (tertiary/aromatic N) is 1. The van der Waals surface area contributed by atoms with Crippen LogP contribution in [0.3, 0.4) is 0 Å². The van der Waals surface area contributed by atoms with Crippen LogP contribution in [0.25, 0.3) is 0 Å². The van der Waals surface area contributed by atoms with Gasteiger partial charge in [-0.3, -0.25) is 9.63 Å². The summed E-state index contributed by atoms with van der Waals surface area (Å²) < 4.78 is -1.16. The Balaban J connectivity index is 2.53. The lowest BCUT2D eigenvalue weighted by molar-refractivity contribution is -0.771. The van der Waals surface area contributed by atoms with Crippen molar-refractivity contribution in [1.29, 1.82) is 0 Å². The van der Waals surface area contributed by atoms with Crippen molar-refractivity contribution >= 4 is 37.8 Å². The molecule has 0 aromatic rings. The second-order valence-corrected chi connectivity index (χ2v) is 5.37. The van der Waals surface area contributed by atoms with E-state index in [0.29, 0.717) is 0 Å². The summed E-state index contributed by atoms with van der Waals surface area (Å²) in [6.07, 6.45) is -0.968. The second-order valence-electron chi connectivity index (χ2n) is 1.81. The predicted molar refractivity (Wildman–Crippen MR) is 40.6 cm³/mol. The first kappa shape index (κ1) is 8.72. The lowest BCUT2D eigenvalue weighted by atomic mass is 10.2. The highest BCUT2D eigenvalue weighted by atomic mass is 79.9. The molecule has 0 aromatic heterocycles. The number of β-lactam (4-membered cyclic amide) rings is 1. The van der Waals surface area contributed by atoms with Crippen molar-refractivity contribution in [3.8, 4) is 0 Å². The Morgan fingerprint density at radius 2 is 2.27 bits per heavy atom. The summed E-state index contributed by atoms with van der Waals surface area (Å²) >= 11 is 5.80. The first-order valence-corrected chi connectivity index (χ1v) is 4.03. The van der Waals surface area contributed by atoms with Crippen LogP contribution < -0.4 is 5.32 Å². The summed E-state index contributed by atoms with van der Waals surface area (Å²) in [5.41, 5.74) is 0. The van der Waals surface area contributed by atoms with Crippen LogP contribution in [0.4, 0.5) is 0 Å². The van der Waals surface area contributed by atoms with Crippen LogP contribution in [0.2, 0.25) is 0 Å². The molecule has 1 N–H and O–H groups in total. The van der Waals surface area contributed by atoms with Crippen molar-refractivity contribution in [2.75, 3.05) is 0 Å². The fourth-order valence-corrected chi connectivity index (χ4v) is 1.15. The zero-order valence-electron chi connectivity index (χ0n) is 4.91. The fourth-order valence-electron chi connectivity index (χ4n) is 0.526. The Hall–Kier alpha value is -0.370. The van der Waals surface area contributed by atoms with E-state index in [2.05, 4.69) is 42.0 Å². The molecule has 62 valence electrons. The summed E-state index contributed by atoms with van der Waals surface area (Å²) in [5.74, 6) is -0.399. The lowest BCUT2D eigenvalue weighted by Crippen LogP contribution is -2.67. The number of alkyl halides is 2. The third-order valence-corrected chi connectivity index (χ3v) is 2.64. The van der Waals surface area contributed by atoms with E-state index in [-0.39, 0.29) is 0 Å². The van der Waals surface area contributed by atoms with Crippen LogP contribution in [-0.2, 0) is 9.63 Å². The standard InChI is InChI=1S/C3H2Br2N2O4/c4-3(5)1(8)6-2(3)11-7(9)10/h2H,(H,6,8). The molecule has 0 saturated carbocycles. The average Bonchev–Trinajstić information content (AvgIpc) is 1.87. The van der Waals surface area contributed by atoms with Crippen molar-refractivity contribution in [3.63, 3.8) is 0 Å². The van der Waals surface area contributed by atoms with E-state index >= 15 is 0 Å². The topological polar surface area (TPSA) is 81.5 Å². The van der Waals surface area contributed by atoms with Gasteiger partial charge in [0.25, 0.3) is 11.0 Å². The van der Waals surface area contributed by atoms with Crippen molar-refractivity contribution in [3.05, 3.63) is 10.1 Å². The van der Waals surface area contributed by atoms with Crippen LogP contribution in [0.5, 0.6) is 0 Å². The Labute approximate surface area is 77.6 Å². The Morgan fingerprint density at radius 3 is 2.55 bits per heavy atom. The molecule has 0 spiro atoms. The molecule has 0 aliphatic carbocycles. The lowest BCUT2D eigenvalue weighted by Gasteiger charge is -2.37. The second kappa shape index (κ2) is 2.59. The average molecular weight is 290 g/mol. The third kappa shape index (κ3) is 1.45. The van der Waals surface area contributed by atoms with Gasteiger partial charge in [0.2, 0.25) is 9.46 Å². The van der Waals surface area contributed by atoms with E-state index in [9.17, 15) is 14.9 Å². The van der Waals surface area contributed by atoms with Gasteiger partial charge in [-0.05, 0) is 0 Å². The van der Waals surface area contributed by atoms with Gasteiger partial charge in [-0.2, -0.15) is 0 Å².